The second-order valence-corrected chi connectivity index (χ2v) is 4.05. The topological polar surface area (TPSA) is 38.3 Å². The Morgan fingerprint density at radius 1 is 1.33 bits per heavy atom. The van der Waals surface area contributed by atoms with Gasteiger partial charge in [0.1, 0.15) is 5.75 Å². The molecule has 6 heteroatoms. The highest BCUT2D eigenvalue weighted by Gasteiger charge is 2.34. The van der Waals surface area contributed by atoms with Crippen molar-refractivity contribution in [3.05, 3.63) is 23.8 Å². The van der Waals surface area contributed by atoms with E-state index in [-0.39, 0.29) is 17.5 Å². The molecule has 18 heavy (non-hydrogen) atoms. The SMILES string of the molecule is CC(=O)Nc1ccc(OC(C)C)cc1C(F)(F)F. The van der Waals surface area contributed by atoms with Gasteiger partial charge >= 0.3 is 6.18 Å². The zero-order valence-corrected chi connectivity index (χ0v) is 10.3. The maximum Gasteiger partial charge on any atom is 0.418 e. The van der Waals surface area contributed by atoms with Crippen molar-refractivity contribution in [2.45, 2.75) is 33.1 Å². The molecule has 1 aromatic rings. The van der Waals surface area contributed by atoms with Crippen LogP contribution in [0.1, 0.15) is 26.3 Å². The quantitative estimate of drug-likeness (QED) is 0.905. The van der Waals surface area contributed by atoms with Gasteiger partial charge in [-0.1, -0.05) is 0 Å². The van der Waals surface area contributed by atoms with Crippen LogP contribution in [0.5, 0.6) is 5.75 Å². The first-order valence-electron chi connectivity index (χ1n) is 5.35. The van der Waals surface area contributed by atoms with Crippen molar-refractivity contribution < 1.29 is 22.7 Å². The molecule has 0 saturated carbocycles. The van der Waals surface area contributed by atoms with Gasteiger partial charge in [0.25, 0.3) is 0 Å². The molecule has 0 saturated heterocycles. The van der Waals surface area contributed by atoms with Gasteiger partial charge in [-0.15, -0.1) is 0 Å². The van der Waals surface area contributed by atoms with Gasteiger partial charge < -0.3 is 10.1 Å². The first kappa shape index (κ1) is 14.3. The van der Waals surface area contributed by atoms with Crippen LogP contribution >= 0.6 is 0 Å². The second kappa shape index (κ2) is 5.29. The fraction of sp³-hybridized carbons (Fsp3) is 0.417. The Kier molecular flexibility index (Phi) is 4.21. The molecule has 1 N–H and O–H groups in total. The molecule has 0 fully saturated rings. The molecular formula is C12H14F3NO2. The van der Waals surface area contributed by atoms with Crippen LogP contribution in [-0.2, 0) is 11.0 Å². The zero-order valence-electron chi connectivity index (χ0n) is 10.3. The number of nitrogens with one attached hydrogen (secondary N) is 1. The standard InChI is InChI=1S/C12H14F3NO2/c1-7(2)18-9-4-5-11(16-8(3)17)10(6-9)12(13,14)15/h4-7H,1-3H3,(H,16,17). The lowest BCUT2D eigenvalue weighted by Gasteiger charge is -2.16. The van der Waals surface area contributed by atoms with Gasteiger partial charge in [-0.05, 0) is 32.0 Å². The van der Waals surface area contributed by atoms with E-state index in [4.69, 9.17) is 4.74 Å². The van der Waals surface area contributed by atoms with E-state index >= 15 is 0 Å². The molecule has 0 aliphatic rings. The molecule has 3 nitrogen and oxygen atoms in total. The van der Waals surface area contributed by atoms with Gasteiger partial charge in [0.15, 0.2) is 0 Å². The predicted molar refractivity (Wildman–Crippen MR) is 61.5 cm³/mol. The summed E-state index contributed by atoms with van der Waals surface area (Å²) in [5.41, 5.74) is -1.19. The Bertz CT molecular complexity index is 441. The number of rotatable bonds is 3. The summed E-state index contributed by atoms with van der Waals surface area (Å²) in [7, 11) is 0. The van der Waals surface area contributed by atoms with Gasteiger partial charge in [-0.2, -0.15) is 13.2 Å². The van der Waals surface area contributed by atoms with Crippen LogP contribution in [0.2, 0.25) is 0 Å². The van der Waals surface area contributed by atoms with Crippen LogP contribution in [0.4, 0.5) is 18.9 Å². The van der Waals surface area contributed by atoms with Crippen molar-refractivity contribution in [2.24, 2.45) is 0 Å². The summed E-state index contributed by atoms with van der Waals surface area (Å²) in [6.07, 6.45) is -4.77. The third kappa shape index (κ3) is 3.94. The molecule has 100 valence electrons. The maximum absolute atomic E-state index is 12.8. The predicted octanol–water partition coefficient (Wildman–Crippen LogP) is 3.45. The van der Waals surface area contributed by atoms with Crippen LogP contribution < -0.4 is 10.1 Å². The minimum Gasteiger partial charge on any atom is -0.491 e. The number of anilines is 1. The molecule has 1 aromatic carbocycles. The fourth-order valence-corrected chi connectivity index (χ4v) is 1.40. The summed E-state index contributed by atoms with van der Waals surface area (Å²) in [6.45, 7) is 4.59. The Morgan fingerprint density at radius 3 is 2.39 bits per heavy atom. The molecule has 0 spiro atoms. The van der Waals surface area contributed by atoms with Crippen molar-refractivity contribution in [3.63, 3.8) is 0 Å². The van der Waals surface area contributed by atoms with Crippen LogP contribution in [-0.4, -0.2) is 12.0 Å². The van der Waals surface area contributed by atoms with Crippen LogP contribution in [0.3, 0.4) is 0 Å². The number of alkyl halides is 3. The Balaban J connectivity index is 3.16. The number of amides is 1. The van der Waals surface area contributed by atoms with E-state index in [2.05, 4.69) is 5.32 Å². The van der Waals surface area contributed by atoms with Gasteiger partial charge in [-0.3, -0.25) is 4.79 Å². The highest BCUT2D eigenvalue weighted by molar-refractivity contribution is 5.89. The van der Waals surface area contributed by atoms with E-state index < -0.39 is 17.6 Å². The van der Waals surface area contributed by atoms with E-state index in [1.165, 1.54) is 12.1 Å². The first-order valence-corrected chi connectivity index (χ1v) is 5.35. The lowest BCUT2D eigenvalue weighted by molar-refractivity contribution is -0.137. The van der Waals surface area contributed by atoms with Gasteiger partial charge in [0.2, 0.25) is 5.91 Å². The normalized spacial score (nSPS) is 11.5. The Labute approximate surface area is 103 Å². The number of benzene rings is 1. The maximum atomic E-state index is 12.8. The molecule has 0 radical (unpaired) electrons. The number of halogens is 3. The Morgan fingerprint density at radius 2 is 1.94 bits per heavy atom. The molecule has 1 rings (SSSR count). The number of hydrogen-bond donors (Lipinski definition) is 1. The average Bonchev–Trinajstić information content (AvgIpc) is 2.17. The fourth-order valence-electron chi connectivity index (χ4n) is 1.40. The highest BCUT2D eigenvalue weighted by Crippen LogP contribution is 2.37. The summed E-state index contributed by atoms with van der Waals surface area (Å²) in [5.74, 6) is -0.440. The van der Waals surface area contributed by atoms with Crippen molar-refractivity contribution in [2.75, 3.05) is 5.32 Å². The number of carbonyl (C=O) groups excluding carboxylic acids is 1. The molecule has 0 unspecified atom stereocenters. The molecule has 0 aliphatic carbocycles. The van der Waals surface area contributed by atoms with Crippen LogP contribution in [0, 0.1) is 0 Å². The summed E-state index contributed by atoms with van der Waals surface area (Å²) in [6, 6.07) is 3.45. The first-order chi connectivity index (χ1) is 8.20. The third-order valence-corrected chi connectivity index (χ3v) is 1.98. The van der Waals surface area contributed by atoms with Crippen molar-refractivity contribution >= 4 is 11.6 Å². The summed E-state index contributed by atoms with van der Waals surface area (Å²) < 4.78 is 43.6. The summed E-state index contributed by atoms with van der Waals surface area (Å²) in [5, 5.41) is 2.15. The molecule has 0 atom stereocenters. The number of hydrogen-bond acceptors (Lipinski definition) is 2. The number of carbonyl (C=O) groups is 1. The minimum atomic E-state index is -4.55. The molecule has 0 bridgehead atoms. The van der Waals surface area contributed by atoms with E-state index in [1.807, 2.05) is 0 Å². The lowest BCUT2D eigenvalue weighted by atomic mass is 10.1. The largest absolute Gasteiger partial charge is 0.491 e. The molecule has 0 aliphatic heterocycles. The van der Waals surface area contributed by atoms with Gasteiger partial charge in [0.05, 0.1) is 17.4 Å². The lowest BCUT2D eigenvalue weighted by Crippen LogP contribution is -2.14. The second-order valence-electron chi connectivity index (χ2n) is 4.05. The van der Waals surface area contributed by atoms with E-state index in [0.717, 1.165) is 13.0 Å². The molecular weight excluding hydrogens is 247 g/mol. The monoisotopic (exact) mass is 261 g/mol. The molecule has 0 aromatic heterocycles. The number of ether oxygens (including phenoxy) is 1. The van der Waals surface area contributed by atoms with Crippen LogP contribution in [0.25, 0.3) is 0 Å². The van der Waals surface area contributed by atoms with Gasteiger partial charge in [0, 0.05) is 6.92 Å². The van der Waals surface area contributed by atoms with Crippen molar-refractivity contribution in [1.29, 1.82) is 0 Å². The average molecular weight is 261 g/mol. The van der Waals surface area contributed by atoms with Gasteiger partial charge in [-0.25, -0.2) is 0 Å². The van der Waals surface area contributed by atoms with Crippen LogP contribution in [0.15, 0.2) is 18.2 Å². The van der Waals surface area contributed by atoms with E-state index in [9.17, 15) is 18.0 Å². The van der Waals surface area contributed by atoms with E-state index in [1.54, 1.807) is 13.8 Å². The summed E-state index contributed by atoms with van der Waals surface area (Å²) in [4.78, 5) is 10.8. The third-order valence-electron chi connectivity index (χ3n) is 1.98. The molecule has 1 amide bonds. The van der Waals surface area contributed by atoms with Crippen molar-refractivity contribution in [1.82, 2.24) is 0 Å². The summed E-state index contributed by atoms with van der Waals surface area (Å²) >= 11 is 0. The highest BCUT2D eigenvalue weighted by atomic mass is 19.4. The van der Waals surface area contributed by atoms with E-state index in [0.29, 0.717) is 0 Å². The smallest absolute Gasteiger partial charge is 0.418 e. The minimum absolute atomic E-state index is 0.117. The van der Waals surface area contributed by atoms with Crippen molar-refractivity contribution in [3.8, 4) is 5.75 Å². The zero-order chi connectivity index (χ0) is 13.9. The molecule has 0 heterocycles. The Hall–Kier alpha value is -1.72.